The maximum Gasteiger partial charge on any atom is 0.254 e. The van der Waals surface area contributed by atoms with Crippen molar-refractivity contribution in [1.82, 2.24) is 4.90 Å². The van der Waals surface area contributed by atoms with E-state index in [2.05, 4.69) is 23.6 Å². The van der Waals surface area contributed by atoms with Gasteiger partial charge in [-0.15, -0.1) is 11.3 Å². The topological polar surface area (TPSA) is 57.7 Å². The molecule has 0 radical (unpaired) electrons. The van der Waals surface area contributed by atoms with Crippen LogP contribution in [-0.2, 0) is 16.4 Å². The molecule has 0 saturated carbocycles. The smallest absolute Gasteiger partial charge is 0.254 e. The Kier molecular flexibility index (Phi) is 4.87. The first kappa shape index (κ1) is 19.3. The number of nitrogens with zero attached hydrogens (tertiary/aromatic N) is 2. The van der Waals surface area contributed by atoms with E-state index < -0.39 is 10.0 Å². The van der Waals surface area contributed by atoms with E-state index in [-0.39, 0.29) is 17.7 Å². The largest absolute Gasteiger partial charge is 0.327 e. The summed E-state index contributed by atoms with van der Waals surface area (Å²) in [6.45, 7) is 1.16. The van der Waals surface area contributed by atoms with Crippen molar-refractivity contribution in [2.45, 2.75) is 18.9 Å². The Balaban J connectivity index is 1.46. The maximum absolute atomic E-state index is 13.5. The van der Waals surface area contributed by atoms with E-state index in [1.807, 2.05) is 23.1 Å². The second-order valence-corrected chi connectivity index (χ2v) is 10.7. The molecule has 0 spiro atoms. The number of rotatable bonds is 3. The number of hydrogen-bond donors (Lipinski definition) is 0. The SMILES string of the molecule is O=C(c1ccc(N2CCCS2(=O)=O)cc1)N1CCc2sccc2C1c1ccccc1. The Morgan fingerprint density at radius 1 is 0.967 bits per heavy atom. The van der Waals surface area contributed by atoms with Gasteiger partial charge < -0.3 is 4.90 Å². The number of hydrogen-bond acceptors (Lipinski definition) is 4. The molecule has 154 valence electrons. The first-order chi connectivity index (χ1) is 14.5. The molecule has 2 aliphatic rings. The second-order valence-electron chi connectivity index (χ2n) is 7.65. The normalized spacial score (nSPS) is 20.2. The molecule has 1 atom stereocenters. The van der Waals surface area contributed by atoms with Crippen molar-refractivity contribution in [3.63, 3.8) is 0 Å². The molecule has 5 rings (SSSR count). The van der Waals surface area contributed by atoms with E-state index >= 15 is 0 Å². The summed E-state index contributed by atoms with van der Waals surface area (Å²) in [6, 6.07) is 19.1. The summed E-state index contributed by atoms with van der Waals surface area (Å²) >= 11 is 1.75. The van der Waals surface area contributed by atoms with Crippen LogP contribution in [0.15, 0.2) is 66.0 Å². The van der Waals surface area contributed by atoms with Crippen molar-refractivity contribution < 1.29 is 13.2 Å². The van der Waals surface area contributed by atoms with E-state index in [1.165, 1.54) is 14.7 Å². The molecule has 2 aromatic carbocycles. The number of anilines is 1. The molecule has 1 unspecified atom stereocenters. The number of amides is 1. The summed E-state index contributed by atoms with van der Waals surface area (Å²) in [6.07, 6.45) is 1.49. The summed E-state index contributed by atoms with van der Waals surface area (Å²) in [4.78, 5) is 16.7. The Morgan fingerprint density at radius 2 is 1.73 bits per heavy atom. The molecule has 3 aromatic rings. The van der Waals surface area contributed by atoms with E-state index in [0.717, 1.165) is 12.0 Å². The number of benzene rings is 2. The fraction of sp³-hybridized carbons (Fsp3) is 0.261. The Bertz CT molecular complexity index is 1170. The predicted octanol–water partition coefficient (Wildman–Crippen LogP) is 4.08. The van der Waals surface area contributed by atoms with Crippen molar-refractivity contribution >= 4 is 33.0 Å². The zero-order chi connectivity index (χ0) is 20.7. The highest BCUT2D eigenvalue weighted by Crippen LogP contribution is 2.38. The lowest BCUT2D eigenvalue weighted by atomic mass is 9.92. The monoisotopic (exact) mass is 438 g/mol. The average Bonchev–Trinajstić information content (AvgIpc) is 3.39. The number of thiophene rings is 1. The molecule has 0 aliphatic carbocycles. The van der Waals surface area contributed by atoms with E-state index in [0.29, 0.717) is 30.8 Å². The number of sulfonamides is 1. The lowest BCUT2D eigenvalue weighted by molar-refractivity contribution is 0.0696. The highest BCUT2D eigenvalue weighted by atomic mass is 32.2. The average molecular weight is 439 g/mol. The summed E-state index contributed by atoms with van der Waals surface area (Å²) in [5.74, 6) is 0.153. The van der Waals surface area contributed by atoms with Crippen LogP contribution in [0.5, 0.6) is 0 Å². The van der Waals surface area contributed by atoms with Gasteiger partial charge in [0.25, 0.3) is 5.91 Å². The quantitative estimate of drug-likeness (QED) is 0.619. The minimum Gasteiger partial charge on any atom is -0.327 e. The summed E-state index contributed by atoms with van der Waals surface area (Å²) in [5.41, 5.74) is 3.51. The van der Waals surface area contributed by atoms with Crippen LogP contribution in [0, 0.1) is 0 Å². The zero-order valence-electron chi connectivity index (χ0n) is 16.4. The fourth-order valence-electron chi connectivity index (χ4n) is 4.40. The summed E-state index contributed by atoms with van der Waals surface area (Å²) < 4.78 is 25.8. The molecule has 1 aromatic heterocycles. The third kappa shape index (κ3) is 3.32. The van der Waals surface area contributed by atoms with Gasteiger partial charge in [0.05, 0.1) is 17.5 Å². The Morgan fingerprint density at radius 3 is 2.43 bits per heavy atom. The molecular weight excluding hydrogens is 416 g/mol. The van der Waals surface area contributed by atoms with Crippen molar-refractivity contribution in [2.24, 2.45) is 0 Å². The highest BCUT2D eigenvalue weighted by molar-refractivity contribution is 7.93. The molecule has 7 heteroatoms. The highest BCUT2D eigenvalue weighted by Gasteiger charge is 2.33. The molecule has 1 saturated heterocycles. The number of carbonyl (C=O) groups is 1. The third-order valence-electron chi connectivity index (χ3n) is 5.84. The fourth-order valence-corrected chi connectivity index (χ4v) is 6.86. The van der Waals surface area contributed by atoms with E-state index in [9.17, 15) is 13.2 Å². The number of carbonyl (C=O) groups excluding carboxylic acids is 1. The molecule has 30 heavy (non-hydrogen) atoms. The van der Waals surface area contributed by atoms with Crippen LogP contribution in [0.25, 0.3) is 0 Å². The molecule has 0 bridgehead atoms. The van der Waals surface area contributed by atoms with Crippen LogP contribution >= 0.6 is 11.3 Å². The van der Waals surface area contributed by atoms with Crippen molar-refractivity contribution in [3.05, 3.63) is 87.6 Å². The van der Waals surface area contributed by atoms with Crippen molar-refractivity contribution in [1.29, 1.82) is 0 Å². The van der Waals surface area contributed by atoms with Gasteiger partial charge in [0.2, 0.25) is 10.0 Å². The van der Waals surface area contributed by atoms with Gasteiger partial charge in [0.1, 0.15) is 0 Å². The van der Waals surface area contributed by atoms with E-state index in [1.54, 1.807) is 35.6 Å². The summed E-state index contributed by atoms with van der Waals surface area (Å²) in [7, 11) is -3.23. The van der Waals surface area contributed by atoms with Crippen LogP contribution in [0.1, 0.15) is 38.8 Å². The molecule has 1 fully saturated rings. The molecular formula is C23H22N2O3S2. The zero-order valence-corrected chi connectivity index (χ0v) is 18.0. The van der Waals surface area contributed by atoms with Crippen LogP contribution in [-0.4, -0.2) is 38.1 Å². The first-order valence-corrected chi connectivity index (χ1v) is 12.6. The first-order valence-electron chi connectivity index (χ1n) is 10.1. The maximum atomic E-state index is 13.5. The number of fused-ring (bicyclic) bond motifs is 1. The molecule has 3 heterocycles. The third-order valence-corrected chi connectivity index (χ3v) is 8.71. The van der Waals surface area contributed by atoms with Gasteiger partial charge >= 0.3 is 0 Å². The van der Waals surface area contributed by atoms with Crippen molar-refractivity contribution in [2.75, 3.05) is 23.1 Å². The molecule has 2 aliphatic heterocycles. The predicted molar refractivity (Wildman–Crippen MR) is 120 cm³/mol. The van der Waals surface area contributed by atoms with Crippen LogP contribution < -0.4 is 4.31 Å². The lowest BCUT2D eigenvalue weighted by Crippen LogP contribution is -2.40. The van der Waals surface area contributed by atoms with Gasteiger partial charge in [0, 0.05) is 23.5 Å². The van der Waals surface area contributed by atoms with Crippen LogP contribution in [0.3, 0.4) is 0 Å². The summed E-state index contributed by atoms with van der Waals surface area (Å²) in [5, 5.41) is 2.10. The van der Waals surface area contributed by atoms with Gasteiger partial charge in [-0.1, -0.05) is 30.3 Å². The van der Waals surface area contributed by atoms with Gasteiger partial charge in [0.15, 0.2) is 0 Å². The van der Waals surface area contributed by atoms with Gasteiger partial charge in [-0.05, 0) is 59.7 Å². The minimum absolute atomic E-state index is 0.0310. The Labute approximate surface area is 180 Å². The molecule has 5 nitrogen and oxygen atoms in total. The minimum atomic E-state index is -3.23. The van der Waals surface area contributed by atoms with Crippen molar-refractivity contribution in [3.8, 4) is 0 Å². The van der Waals surface area contributed by atoms with Crippen LogP contribution in [0.2, 0.25) is 0 Å². The molecule has 1 amide bonds. The van der Waals surface area contributed by atoms with Gasteiger partial charge in [-0.25, -0.2) is 8.42 Å². The standard InChI is InChI=1S/C23H22N2O3S2/c26-23(18-7-9-19(10-8-18)25-13-4-16-30(25,27)28)24-14-11-21-20(12-15-29-21)22(24)17-5-2-1-3-6-17/h1-3,5-10,12,15,22H,4,11,13-14,16H2. The lowest BCUT2D eigenvalue weighted by Gasteiger charge is -2.36. The van der Waals surface area contributed by atoms with E-state index in [4.69, 9.17) is 0 Å². The van der Waals surface area contributed by atoms with Crippen LogP contribution in [0.4, 0.5) is 5.69 Å². The van der Waals surface area contributed by atoms with Gasteiger partial charge in [-0.3, -0.25) is 9.10 Å². The Hall–Kier alpha value is -2.64. The van der Waals surface area contributed by atoms with Gasteiger partial charge in [-0.2, -0.15) is 0 Å². The second kappa shape index (κ2) is 7.56. The molecule has 0 N–H and O–H groups in total.